The van der Waals surface area contributed by atoms with Gasteiger partial charge in [0.1, 0.15) is 0 Å². The lowest BCUT2D eigenvalue weighted by Gasteiger charge is -2.30. The number of thioether (sulfide) groups is 1. The van der Waals surface area contributed by atoms with Crippen LogP contribution in [-0.4, -0.2) is 0 Å². The van der Waals surface area contributed by atoms with Gasteiger partial charge in [-0.2, -0.15) is 0 Å². The summed E-state index contributed by atoms with van der Waals surface area (Å²) >= 11 is 51.0. The number of benzene rings is 2. The van der Waals surface area contributed by atoms with Gasteiger partial charge in [-0.1, -0.05) is 117 Å². The van der Waals surface area contributed by atoms with Crippen molar-refractivity contribution in [1.29, 1.82) is 0 Å². The monoisotopic (exact) mass is 486 g/mol. The molecule has 0 aromatic heterocycles. The van der Waals surface area contributed by atoms with Crippen LogP contribution in [0, 0.1) is 0 Å². The summed E-state index contributed by atoms with van der Waals surface area (Å²) in [5.74, 6) is 0. The van der Waals surface area contributed by atoms with Crippen LogP contribution < -0.4 is 0 Å². The zero-order chi connectivity index (χ0) is 17.4. The molecule has 23 heavy (non-hydrogen) atoms. The number of hydrogen-bond donors (Lipinski definition) is 0. The fourth-order valence-electron chi connectivity index (χ4n) is 1.81. The molecule has 124 valence electrons. The lowest BCUT2D eigenvalue weighted by Crippen LogP contribution is -2.17. The molecule has 0 saturated carbocycles. The van der Waals surface area contributed by atoms with Crippen LogP contribution >= 0.6 is 105 Å². The van der Waals surface area contributed by atoms with Gasteiger partial charge in [-0.15, -0.1) is 0 Å². The van der Waals surface area contributed by atoms with E-state index in [2.05, 4.69) is 0 Å². The van der Waals surface area contributed by atoms with E-state index in [4.69, 9.17) is 92.8 Å². The molecule has 2 aromatic carbocycles. The van der Waals surface area contributed by atoms with E-state index in [1.807, 2.05) is 0 Å². The molecule has 2 aromatic rings. The van der Waals surface area contributed by atoms with Crippen molar-refractivity contribution in [2.45, 2.75) is 7.33 Å². The molecule has 0 fully saturated rings. The van der Waals surface area contributed by atoms with Crippen molar-refractivity contribution in [2.75, 3.05) is 0 Å². The molecule has 0 spiro atoms. The van der Waals surface area contributed by atoms with E-state index in [0.29, 0.717) is 0 Å². The van der Waals surface area contributed by atoms with Crippen molar-refractivity contribution in [2.24, 2.45) is 0 Å². The molecule has 0 aliphatic heterocycles. The quantitative estimate of drug-likeness (QED) is 0.386. The summed E-state index contributed by atoms with van der Waals surface area (Å²) in [5, 5.41) is 1.13. The van der Waals surface area contributed by atoms with Gasteiger partial charge in [-0.3, -0.25) is 0 Å². The summed E-state index contributed by atoms with van der Waals surface area (Å²) in [6.45, 7) is 0. The Bertz CT molecular complexity index is 627. The lowest BCUT2D eigenvalue weighted by molar-refractivity contribution is 1.19. The number of rotatable bonds is 4. The molecule has 0 saturated heterocycles. The van der Waals surface area contributed by atoms with Crippen LogP contribution in [0.4, 0.5) is 0 Å². The second kappa shape index (κ2) is 7.78. The molecular formula is C14H6Cl8S. The number of alkyl halides is 4. The predicted octanol–water partition coefficient (Wildman–Crippen LogP) is 8.91. The Labute approximate surface area is 178 Å². The smallest absolute Gasteiger partial charge is 0.0838 e. The van der Waals surface area contributed by atoms with Gasteiger partial charge in [0.15, 0.2) is 7.33 Å². The van der Waals surface area contributed by atoms with E-state index in [-0.39, 0.29) is 31.2 Å². The third kappa shape index (κ3) is 4.64. The predicted molar refractivity (Wildman–Crippen MR) is 107 cm³/mol. The Morgan fingerprint density at radius 3 is 1.09 bits per heavy atom. The second-order valence-electron chi connectivity index (χ2n) is 4.33. The van der Waals surface area contributed by atoms with E-state index in [0.717, 1.165) is 11.8 Å². The van der Waals surface area contributed by atoms with Gasteiger partial charge in [0.2, 0.25) is 0 Å². The summed E-state index contributed by atoms with van der Waals surface area (Å²) in [4.78, 5) is 0. The minimum absolute atomic E-state index is 0.282. The van der Waals surface area contributed by atoms with Gasteiger partial charge in [-0.25, -0.2) is 0 Å². The summed E-state index contributed by atoms with van der Waals surface area (Å²) in [6.07, 6.45) is 0. The van der Waals surface area contributed by atoms with Crippen LogP contribution in [0.2, 0.25) is 20.1 Å². The zero-order valence-electron chi connectivity index (χ0n) is 10.9. The Morgan fingerprint density at radius 2 is 0.826 bits per heavy atom. The molecule has 0 amide bonds. The van der Waals surface area contributed by atoms with E-state index < -0.39 is 7.33 Å². The van der Waals surface area contributed by atoms with E-state index >= 15 is 0 Å². The van der Waals surface area contributed by atoms with Crippen LogP contribution in [0.3, 0.4) is 0 Å². The molecule has 0 unspecified atom stereocenters. The molecule has 0 aliphatic rings. The van der Waals surface area contributed by atoms with Gasteiger partial charge in [-0.05, 0) is 24.3 Å². The van der Waals surface area contributed by atoms with Crippen LogP contribution in [0.1, 0.15) is 11.1 Å². The van der Waals surface area contributed by atoms with Crippen molar-refractivity contribution < 1.29 is 0 Å². The standard InChI is InChI=1S/C14H6Cl8S/c15-7-3-1-4-8(16)11(7)13(19,20)23-14(21,22)12-9(17)5-2-6-10(12)18/h1-6H. The topological polar surface area (TPSA) is 0 Å². The maximum Gasteiger partial charge on any atom is 0.194 e. The van der Waals surface area contributed by atoms with Crippen molar-refractivity contribution in [3.63, 3.8) is 0 Å². The number of hydrogen-bond acceptors (Lipinski definition) is 1. The molecule has 0 N–H and O–H groups in total. The van der Waals surface area contributed by atoms with E-state index in [9.17, 15) is 0 Å². The van der Waals surface area contributed by atoms with Crippen molar-refractivity contribution in [1.82, 2.24) is 0 Å². The van der Waals surface area contributed by atoms with Crippen molar-refractivity contribution in [3.8, 4) is 0 Å². The Hall–Kier alpha value is 1.11. The first-order chi connectivity index (χ1) is 10.6. The molecule has 0 heterocycles. The number of halogens is 8. The normalized spacial score (nSPS) is 12.5. The van der Waals surface area contributed by atoms with E-state index in [1.54, 1.807) is 36.4 Å². The highest BCUT2D eigenvalue weighted by Crippen LogP contribution is 2.62. The molecule has 9 heteroatoms. The molecule has 0 aliphatic carbocycles. The molecule has 0 atom stereocenters. The van der Waals surface area contributed by atoms with Crippen LogP contribution in [0.15, 0.2) is 36.4 Å². The largest absolute Gasteiger partial charge is 0.194 e. The molecule has 0 radical (unpaired) electrons. The average molecular weight is 490 g/mol. The van der Waals surface area contributed by atoms with Gasteiger partial charge in [0.25, 0.3) is 0 Å². The molecular weight excluding hydrogens is 484 g/mol. The third-order valence-electron chi connectivity index (χ3n) is 2.76. The second-order valence-corrected chi connectivity index (χ2v) is 10.9. The minimum atomic E-state index is -1.64. The maximum atomic E-state index is 6.42. The minimum Gasteiger partial charge on any atom is -0.0838 e. The highest BCUT2D eigenvalue weighted by atomic mass is 35.5. The summed E-state index contributed by atoms with van der Waals surface area (Å²) < 4.78 is -3.27. The fraction of sp³-hybridized carbons (Fsp3) is 0.143. The van der Waals surface area contributed by atoms with Gasteiger partial charge in [0, 0.05) is 31.2 Å². The summed E-state index contributed by atoms with van der Waals surface area (Å²) in [5.41, 5.74) is 0.566. The van der Waals surface area contributed by atoms with Gasteiger partial charge >= 0.3 is 0 Å². The van der Waals surface area contributed by atoms with Gasteiger partial charge < -0.3 is 0 Å². The van der Waals surface area contributed by atoms with E-state index in [1.165, 1.54) is 0 Å². The van der Waals surface area contributed by atoms with Crippen LogP contribution in [0.25, 0.3) is 0 Å². The first-order valence-corrected chi connectivity index (χ1v) is 9.75. The SMILES string of the molecule is Clc1cccc(Cl)c1C(Cl)(Cl)SC(Cl)(Cl)c1c(Cl)cccc1Cl. The first kappa shape index (κ1) is 20.4. The Balaban J connectivity index is 2.47. The van der Waals surface area contributed by atoms with Gasteiger partial charge in [0.05, 0.1) is 0 Å². The van der Waals surface area contributed by atoms with Crippen molar-refractivity contribution in [3.05, 3.63) is 67.6 Å². The highest BCUT2D eigenvalue weighted by Gasteiger charge is 2.44. The Kier molecular flexibility index (Phi) is 6.91. The summed E-state index contributed by atoms with van der Waals surface area (Å²) in [7, 11) is 0. The summed E-state index contributed by atoms with van der Waals surface area (Å²) in [6, 6.07) is 9.76. The van der Waals surface area contributed by atoms with Crippen LogP contribution in [0.5, 0.6) is 0 Å². The molecule has 0 nitrogen and oxygen atoms in total. The fourth-order valence-corrected chi connectivity index (χ4v) is 7.43. The zero-order valence-corrected chi connectivity index (χ0v) is 17.8. The average Bonchev–Trinajstić information content (AvgIpc) is 2.35. The molecule has 0 bridgehead atoms. The van der Waals surface area contributed by atoms with Crippen LogP contribution in [-0.2, 0) is 7.33 Å². The first-order valence-electron chi connectivity index (χ1n) is 5.91. The third-order valence-corrected chi connectivity index (χ3v) is 6.63. The Morgan fingerprint density at radius 1 is 0.565 bits per heavy atom. The highest BCUT2D eigenvalue weighted by molar-refractivity contribution is 8.05. The lowest BCUT2D eigenvalue weighted by atomic mass is 10.2. The van der Waals surface area contributed by atoms with Crippen molar-refractivity contribution >= 4 is 105 Å². The maximum absolute atomic E-state index is 6.42. The molecule has 2 rings (SSSR count).